The number of hydrogen-bond acceptors (Lipinski definition) is 4. The standard InChI is InChI=1S/C11H19NO5/c1-10(2,3)17-9(16)12-11(8(14)15)4-7(5-11)6-13/h7,13H,4-6H2,1-3H3,(H,12,16)(H,14,15)/t7-,11-. The van der Waals surface area contributed by atoms with Gasteiger partial charge in [0.1, 0.15) is 11.1 Å². The van der Waals surface area contributed by atoms with Gasteiger partial charge in [-0.15, -0.1) is 0 Å². The summed E-state index contributed by atoms with van der Waals surface area (Å²) in [5.41, 5.74) is -1.94. The molecule has 0 heterocycles. The molecule has 0 radical (unpaired) electrons. The highest BCUT2D eigenvalue weighted by Gasteiger charge is 2.51. The van der Waals surface area contributed by atoms with Gasteiger partial charge in [0.05, 0.1) is 0 Å². The Balaban J connectivity index is 2.58. The summed E-state index contributed by atoms with van der Waals surface area (Å²) in [5.74, 6) is -1.16. The molecular formula is C11H19NO5. The number of nitrogens with one attached hydrogen (secondary N) is 1. The van der Waals surface area contributed by atoms with Crippen LogP contribution < -0.4 is 5.32 Å². The van der Waals surface area contributed by atoms with Crippen LogP contribution in [-0.4, -0.2) is 40.0 Å². The monoisotopic (exact) mass is 245 g/mol. The van der Waals surface area contributed by atoms with Crippen molar-refractivity contribution in [3.05, 3.63) is 0 Å². The number of carbonyl (C=O) groups is 2. The molecule has 1 rings (SSSR count). The number of hydrogen-bond donors (Lipinski definition) is 3. The summed E-state index contributed by atoms with van der Waals surface area (Å²) in [6.45, 7) is 5.05. The van der Waals surface area contributed by atoms with Gasteiger partial charge < -0.3 is 20.3 Å². The Kier molecular flexibility index (Phi) is 3.66. The summed E-state index contributed by atoms with van der Waals surface area (Å²) in [7, 11) is 0. The van der Waals surface area contributed by atoms with E-state index < -0.39 is 23.2 Å². The molecule has 1 fully saturated rings. The fourth-order valence-electron chi connectivity index (χ4n) is 1.88. The van der Waals surface area contributed by atoms with Crippen LogP contribution in [0.25, 0.3) is 0 Å². The first-order valence-electron chi connectivity index (χ1n) is 5.54. The van der Waals surface area contributed by atoms with Crippen LogP contribution in [0.2, 0.25) is 0 Å². The zero-order valence-electron chi connectivity index (χ0n) is 10.3. The molecule has 3 N–H and O–H groups in total. The normalized spacial score (nSPS) is 28.1. The van der Waals surface area contributed by atoms with E-state index in [1.54, 1.807) is 20.8 Å². The summed E-state index contributed by atoms with van der Waals surface area (Å²) in [4.78, 5) is 22.6. The summed E-state index contributed by atoms with van der Waals surface area (Å²) in [6.07, 6.45) is -0.271. The third-order valence-corrected chi connectivity index (χ3v) is 2.68. The molecule has 0 aliphatic heterocycles. The zero-order valence-corrected chi connectivity index (χ0v) is 10.3. The SMILES string of the molecule is CC(C)(C)OC(=O)N[C@]1(C(=O)O)C[C@@H](CO)C1. The third kappa shape index (κ3) is 3.33. The van der Waals surface area contributed by atoms with Crippen LogP contribution in [-0.2, 0) is 9.53 Å². The van der Waals surface area contributed by atoms with Crippen LogP contribution in [0.15, 0.2) is 0 Å². The second kappa shape index (κ2) is 4.52. The number of ether oxygens (including phenoxy) is 1. The summed E-state index contributed by atoms with van der Waals surface area (Å²) < 4.78 is 5.01. The van der Waals surface area contributed by atoms with Crippen LogP contribution in [0.1, 0.15) is 33.6 Å². The molecule has 17 heavy (non-hydrogen) atoms. The smallest absolute Gasteiger partial charge is 0.408 e. The number of amides is 1. The van der Waals surface area contributed by atoms with Crippen LogP contribution in [0.5, 0.6) is 0 Å². The molecule has 1 saturated carbocycles. The molecule has 0 saturated heterocycles. The number of aliphatic carboxylic acids is 1. The highest BCUT2D eigenvalue weighted by molar-refractivity contribution is 5.85. The Labute approximate surface area is 100.0 Å². The molecule has 0 aromatic heterocycles. The van der Waals surface area contributed by atoms with Crippen molar-refractivity contribution in [2.24, 2.45) is 5.92 Å². The molecule has 0 unspecified atom stereocenters. The highest BCUT2D eigenvalue weighted by Crippen LogP contribution is 2.38. The van der Waals surface area contributed by atoms with Crippen LogP contribution in [0.4, 0.5) is 4.79 Å². The van der Waals surface area contributed by atoms with E-state index in [2.05, 4.69) is 5.32 Å². The van der Waals surface area contributed by atoms with Gasteiger partial charge in [-0.1, -0.05) is 0 Å². The number of carboxylic acid groups (broad SMARTS) is 1. The lowest BCUT2D eigenvalue weighted by Crippen LogP contribution is -2.63. The maximum Gasteiger partial charge on any atom is 0.408 e. The minimum atomic E-state index is -1.28. The highest BCUT2D eigenvalue weighted by atomic mass is 16.6. The summed E-state index contributed by atoms with van der Waals surface area (Å²) in [6, 6.07) is 0. The van der Waals surface area contributed by atoms with E-state index in [-0.39, 0.29) is 25.4 Å². The van der Waals surface area contributed by atoms with Gasteiger partial charge in [0.2, 0.25) is 0 Å². The number of rotatable bonds is 3. The van der Waals surface area contributed by atoms with Crippen molar-refractivity contribution in [2.45, 2.75) is 44.8 Å². The molecule has 0 spiro atoms. The van der Waals surface area contributed by atoms with E-state index in [1.165, 1.54) is 0 Å². The van der Waals surface area contributed by atoms with Crippen LogP contribution >= 0.6 is 0 Å². The molecule has 6 heteroatoms. The van der Waals surface area contributed by atoms with Gasteiger partial charge in [-0.3, -0.25) is 0 Å². The minimum absolute atomic E-state index is 0.0645. The summed E-state index contributed by atoms with van der Waals surface area (Å²) in [5, 5.41) is 20.4. The van der Waals surface area contributed by atoms with E-state index in [9.17, 15) is 9.59 Å². The second-order valence-electron chi connectivity index (χ2n) is 5.47. The molecule has 0 aromatic rings. The van der Waals surface area contributed by atoms with Crippen molar-refractivity contribution >= 4 is 12.1 Å². The first kappa shape index (κ1) is 13.8. The van der Waals surface area contributed by atoms with Gasteiger partial charge in [0, 0.05) is 6.61 Å². The lowest BCUT2D eigenvalue weighted by Gasteiger charge is -2.43. The van der Waals surface area contributed by atoms with Crippen molar-refractivity contribution in [2.75, 3.05) is 6.61 Å². The average Bonchev–Trinajstić information content (AvgIpc) is 2.06. The molecule has 1 aliphatic carbocycles. The Morgan fingerprint density at radius 3 is 2.29 bits per heavy atom. The number of alkyl carbamates (subject to hydrolysis) is 1. The average molecular weight is 245 g/mol. The minimum Gasteiger partial charge on any atom is -0.480 e. The van der Waals surface area contributed by atoms with E-state index >= 15 is 0 Å². The van der Waals surface area contributed by atoms with Crippen molar-refractivity contribution in [1.82, 2.24) is 5.32 Å². The molecule has 0 atom stereocenters. The topological polar surface area (TPSA) is 95.9 Å². The van der Waals surface area contributed by atoms with Gasteiger partial charge in [0.15, 0.2) is 0 Å². The van der Waals surface area contributed by atoms with Crippen LogP contribution in [0.3, 0.4) is 0 Å². The third-order valence-electron chi connectivity index (χ3n) is 2.68. The van der Waals surface area contributed by atoms with Crippen molar-refractivity contribution in [1.29, 1.82) is 0 Å². The molecule has 0 bridgehead atoms. The molecule has 1 aliphatic rings. The van der Waals surface area contributed by atoms with E-state index in [0.29, 0.717) is 0 Å². The lowest BCUT2D eigenvalue weighted by atomic mass is 9.68. The first-order valence-corrected chi connectivity index (χ1v) is 5.54. The number of aliphatic hydroxyl groups is 1. The predicted molar refractivity (Wildman–Crippen MR) is 59.5 cm³/mol. The van der Waals surface area contributed by atoms with Crippen LogP contribution in [0, 0.1) is 5.92 Å². The molecule has 1 amide bonds. The molecule has 6 nitrogen and oxygen atoms in total. The predicted octanol–water partition coefficient (Wildman–Crippen LogP) is 0.737. The molecule has 0 aromatic carbocycles. The molecular weight excluding hydrogens is 226 g/mol. The van der Waals surface area contributed by atoms with E-state index in [1.807, 2.05) is 0 Å². The van der Waals surface area contributed by atoms with Gasteiger partial charge in [-0.05, 0) is 39.5 Å². The van der Waals surface area contributed by atoms with E-state index in [0.717, 1.165) is 0 Å². The first-order chi connectivity index (χ1) is 7.68. The van der Waals surface area contributed by atoms with E-state index in [4.69, 9.17) is 14.9 Å². The fourth-order valence-corrected chi connectivity index (χ4v) is 1.88. The Morgan fingerprint density at radius 2 is 1.94 bits per heavy atom. The maximum atomic E-state index is 11.5. The second-order valence-corrected chi connectivity index (χ2v) is 5.47. The Morgan fingerprint density at radius 1 is 1.41 bits per heavy atom. The van der Waals surface area contributed by atoms with Gasteiger partial charge in [-0.2, -0.15) is 0 Å². The Hall–Kier alpha value is -1.30. The zero-order chi connectivity index (χ0) is 13.3. The van der Waals surface area contributed by atoms with Gasteiger partial charge in [-0.25, -0.2) is 9.59 Å². The fraction of sp³-hybridized carbons (Fsp3) is 0.818. The van der Waals surface area contributed by atoms with Crippen molar-refractivity contribution in [3.8, 4) is 0 Å². The number of aliphatic hydroxyl groups excluding tert-OH is 1. The number of carbonyl (C=O) groups excluding carboxylic acids is 1. The largest absolute Gasteiger partial charge is 0.480 e. The Bertz CT molecular complexity index is 314. The quantitative estimate of drug-likeness (QED) is 0.681. The van der Waals surface area contributed by atoms with Gasteiger partial charge in [0.25, 0.3) is 0 Å². The van der Waals surface area contributed by atoms with Crippen molar-refractivity contribution < 1.29 is 24.5 Å². The number of carboxylic acids is 1. The maximum absolute atomic E-state index is 11.5. The molecule has 98 valence electrons. The van der Waals surface area contributed by atoms with Crippen molar-refractivity contribution in [3.63, 3.8) is 0 Å². The lowest BCUT2D eigenvalue weighted by molar-refractivity contribution is -0.152. The van der Waals surface area contributed by atoms with Gasteiger partial charge >= 0.3 is 12.1 Å². The summed E-state index contributed by atoms with van der Waals surface area (Å²) >= 11 is 0.